The zero-order valence-electron chi connectivity index (χ0n) is 21.1. The van der Waals surface area contributed by atoms with Crippen LogP contribution in [0.5, 0.6) is 0 Å². The van der Waals surface area contributed by atoms with Gasteiger partial charge in [-0.1, -0.05) is 84.6 Å². The van der Waals surface area contributed by atoms with Gasteiger partial charge in [0.15, 0.2) is 0 Å². The number of hydrogen-bond donors (Lipinski definition) is 2. The molecule has 186 valence electrons. The molecule has 6 rings (SSSR count). The SMILES string of the molecule is CCC(=O)O.CCC(=O)O.[Ti+2].[c-]1cccc2c1Cc1ccccc1-2.[c-]1cccc2c1Cc1ccccc1-2. The fraction of sp³-hybridized carbons (Fsp3) is 0.188. The molecule has 0 spiro atoms. The summed E-state index contributed by atoms with van der Waals surface area (Å²) in [5, 5.41) is 15.4. The molecule has 0 aliphatic heterocycles. The van der Waals surface area contributed by atoms with E-state index in [2.05, 4.69) is 84.9 Å². The molecule has 4 aromatic carbocycles. The van der Waals surface area contributed by atoms with E-state index in [1.165, 1.54) is 44.5 Å². The first-order valence-electron chi connectivity index (χ1n) is 12.0. The largest absolute Gasteiger partial charge is 2.00 e. The third-order valence-electron chi connectivity index (χ3n) is 5.84. The predicted molar refractivity (Wildman–Crippen MR) is 143 cm³/mol. The van der Waals surface area contributed by atoms with Crippen molar-refractivity contribution in [3.8, 4) is 22.3 Å². The van der Waals surface area contributed by atoms with Gasteiger partial charge in [0.05, 0.1) is 0 Å². The van der Waals surface area contributed by atoms with Crippen LogP contribution < -0.4 is 0 Å². The average molecular weight is 526 g/mol. The summed E-state index contributed by atoms with van der Waals surface area (Å²) in [6.07, 6.45) is 2.54. The Kier molecular flexibility index (Phi) is 12.0. The molecule has 0 heterocycles. The van der Waals surface area contributed by atoms with E-state index in [0.29, 0.717) is 0 Å². The summed E-state index contributed by atoms with van der Waals surface area (Å²) < 4.78 is 0. The molecule has 2 aliphatic rings. The maximum absolute atomic E-state index is 9.37. The van der Waals surface area contributed by atoms with Crippen LogP contribution in [0.2, 0.25) is 0 Å². The minimum absolute atomic E-state index is 0. The fourth-order valence-corrected chi connectivity index (χ4v) is 4.00. The van der Waals surface area contributed by atoms with E-state index in [4.69, 9.17) is 10.2 Å². The fourth-order valence-electron chi connectivity index (χ4n) is 4.00. The molecule has 0 aromatic heterocycles. The van der Waals surface area contributed by atoms with Gasteiger partial charge in [-0.05, 0) is 12.8 Å². The molecule has 4 nitrogen and oxygen atoms in total. The van der Waals surface area contributed by atoms with Crippen LogP contribution >= 0.6 is 0 Å². The van der Waals surface area contributed by atoms with E-state index < -0.39 is 11.9 Å². The summed E-state index contributed by atoms with van der Waals surface area (Å²) in [5.41, 5.74) is 11.0. The van der Waals surface area contributed by atoms with Crippen molar-refractivity contribution < 1.29 is 41.5 Å². The third-order valence-corrected chi connectivity index (χ3v) is 5.84. The van der Waals surface area contributed by atoms with Gasteiger partial charge in [-0.15, -0.1) is 11.1 Å². The zero-order chi connectivity index (χ0) is 25.9. The van der Waals surface area contributed by atoms with Gasteiger partial charge < -0.3 is 10.2 Å². The molecule has 5 heteroatoms. The molecule has 0 saturated carbocycles. The van der Waals surface area contributed by atoms with Gasteiger partial charge in [0, 0.05) is 12.8 Å². The Morgan fingerprint density at radius 2 is 0.946 bits per heavy atom. The second-order valence-corrected chi connectivity index (χ2v) is 8.29. The van der Waals surface area contributed by atoms with E-state index >= 15 is 0 Å². The average Bonchev–Trinajstić information content (AvgIpc) is 3.48. The second-order valence-electron chi connectivity index (χ2n) is 8.29. The first kappa shape index (κ1) is 29.8. The van der Waals surface area contributed by atoms with Crippen LogP contribution in [0.3, 0.4) is 0 Å². The number of rotatable bonds is 2. The Hall–Kier alpha value is -3.47. The number of fused-ring (bicyclic) bond motifs is 6. The minimum Gasteiger partial charge on any atom is -0.481 e. The van der Waals surface area contributed by atoms with E-state index in [-0.39, 0.29) is 34.6 Å². The summed E-state index contributed by atoms with van der Waals surface area (Å²) >= 11 is 0. The molecule has 0 unspecified atom stereocenters. The number of benzene rings is 4. The summed E-state index contributed by atoms with van der Waals surface area (Å²) in [6, 6.07) is 36.2. The van der Waals surface area contributed by atoms with Crippen LogP contribution in [0, 0.1) is 12.1 Å². The van der Waals surface area contributed by atoms with Crippen LogP contribution in [-0.4, -0.2) is 22.2 Å². The Bertz CT molecular complexity index is 1140. The van der Waals surface area contributed by atoms with Crippen LogP contribution in [0.25, 0.3) is 22.3 Å². The van der Waals surface area contributed by atoms with Crippen molar-refractivity contribution in [3.63, 3.8) is 0 Å². The maximum atomic E-state index is 9.37. The number of aliphatic carboxylic acids is 2. The number of carboxylic acids is 2. The Labute approximate surface area is 233 Å². The smallest absolute Gasteiger partial charge is 0.481 e. The summed E-state index contributed by atoms with van der Waals surface area (Å²) in [4.78, 5) is 18.7. The number of carbonyl (C=O) groups is 2. The zero-order valence-corrected chi connectivity index (χ0v) is 22.7. The van der Waals surface area contributed by atoms with Crippen molar-refractivity contribution in [2.75, 3.05) is 0 Å². The van der Waals surface area contributed by atoms with Crippen molar-refractivity contribution in [3.05, 3.63) is 119 Å². The molecule has 2 aliphatic carbocycles. The van der Waals surface area contributed by atoms with E-state index in [0.717, 1.165) is 12.8 Å². The quantitative estimate of drug-likeness (QED) is 0.187. The molecule has 0 radical (unpaired) electrons. The second kappa shape index (κ2) is 14.9. The molecule has 0 bridgehead atoms. The van der Waals surface area contributed by atoms with Crippen LogP contribution in [0.1, 0.15) is 48.9 Å². The van der Waals surface area contributed by atoms with Crippen molar-refractivity contribution >= 4 is 11.9 Å². The molecule has 0 amide bonds. The van der Waals surface area contributed by atoms with Gasteiger partial charge in [-0.25, -0.2) is 0 Å². The van der Waals surface area contributed by atoms with Gasteiger partial charge in [0.1, 0.15) is 0 Å². The predicted octanol–water partition coefficient (Wildman–Crippen LogP) is 7.08. The van der Waals surface area contributed by atoms with Crippen molar-refractivity contribution in [1.29, 1.82) is 0 Å². The molecule has 2 N–H and O–H groups in total. The van der Waals surface area contributed by atoms with Crippen LogP contribution in [-0.2, 0) is 44.1 Å². The monoisotopic (exact) mass is 526 g/mol. The summed E-state index contributed by atoms with van der Waals surface area (Å²) in [6.45, 7) is 3.20. The van der Waals surface area contributed by atoms with Crippen LogP contribution in [0.4, 0.5) is 0 Å². The molecular weight excluding hydrogens is 496 g/mol. The normalized spacial score (nSPS) is 10.6. The van der Waals surface area contributed by atoms with Crippen molar-refractivity contribution in [2.45, 2.75) is 39.5 Å². The van der Waals surface area contributed by atoms with E-state index in [1.54, 1.807) is 13.8 Å². The molecule has 0 saturated heterocycles. The molecule has 37 heavy (non-hydrogen) atoms. The molecular formula is C32H30O4Ti. The number of carboxylic acid groups (broad SMARTS) is 2. The molecule has 0 fully saturated rings. The van der Waals surface area contributed by atoms with Crippen LogP contribution in [0.15, 0.2) is 84.9 Å². The topological polar surface area (TPSA) is 74.6 Å². The van der Waals surface area contributed by atoms with E-state index in [9.17, 15) is 9.59 Å². The standard InChI is InChI=1S/2C13H9.2C3H6O2.Ti/c2*1-3-7-12-10(5-1)9-11-6-2-4-8-13(11)12;2*1-2-3(4)5;/h2*1-5,7-8H,9H2;2*2H2,1H3,(H,4,5);/q2*-1;;;+2. The van der Waals surface area contributed by atoms with Crippen molar-refractivity contribution in [2.24, 2.45) is 0 Å². The Morgan fingerprint density at radius 1 is 0.622 bits per heavy atom. The van der Waals surface area contributed by atoms with Gasteiger partial charge in [-0.2, -0.15) is 59.7 Å². The first-order chi connectivity index (χ1) is 17.4. The van der Waals surface area contributed by atoms with Gasteiger partial charge in [0.2, 0.25) is 0 Å². The van der Waals surface area contributed by atoms with Gasteiger partial charge >= 0.3 is 33.7 Å². The maximum Gasteiger partial charge on any atom is 2.00 e. The number of hydrogen-bond acceptors (Lipinski definition) is 2. The van der Waals surface area contributed by atoms with Gasteiger partial charge in [0.25, 0.3) is 0 Å². The Balaban J connectivity index is 0.000000190. The summed E-state index contributed by atoms with van der Waals surface area (Å²) in [5.74, 6) is -1.49. The minimum atomic E-state index is -0.745. The molecule has 0 atom stereocenters. The first-order valence-corrected chi connectivity index (χ1v) is 12.0. The van der Waals surface area contributed by atoms with Gasteiger partial charge in [-0.3, -0.25) is 9.59 Å². The molecule has 4 aromatic rings. The van der Waals surface area contributed by atoms with E-state index in [1.807, 2.05) is 12.1 Å². The Morgan fingerprint density at radius 3 is 1.30 bits per heavy atom. The third kappa shape index (κ3) is 8.28. The van der Waals surface area contributed by atoms with Crippen molar-refractivity contribution in [1.82, 2.24) is 0 Å². The summed E-state index contributed by atoms with van der Waals surface area (Å²) in [7, 11) is 0.